The third-order valence-corrected chi connectivity index (χ3v) is 4.00. The molecule has 4 heteroatoms. The average Bonchev–Trinajstić information content (AvgIpc) is 2.71. The molecule has 1 unspecified atom stereocenters. The summed E-state index contributed by atoms with van der Waals surface area (Å²) >= 11 is 1.91. The summed E-state index contributed by atoms with van der Waals surface area (Å²) in [6.07, 6.45) is 1.07. The smallest absolute Gasteiger partial charge is 0.123 e. The fraction of sp³-hybridized carbons (Fsp3) is 0.455. The van der Waals surface area contributed by atoms with Crippen LogP contribution < -0.4 is 11.1 Å². The first kappa shape index (κ1) is 10.8. The van der Waals surface area contributed by atoms with Crippen LogP contribution in [0.1, 0.15) is 6.42 Å². The van der Waals surface area contributed by atoms with Crippen LogP contribution in [0.3, 0.4) is 0 Å². The van der Waals surface area contributed by atoms with Crippen molar-refractivity contribution >= 4 is 17.4 Å². The van der Waals surface area contributed by atoms with Gasteiger partial charge in [0.05, 0.1) is 5.54 Å². The summed E-state index contributed by atoms with van der Waals surface area (Å²) in [5.74, 6) is 1.97. The second-order valence-corrected chi connectivity index (χ2v) is 5.02. The van der Waals surface area contributed by atoms with Gasteiger partial charge in [0.1, 0.15) is 5.82 Å². The zero-order valence-corrected chi connectivity index (χ0v) is 9.32. The van der Waals surface area contributed by atoms with E-state index in [0.717, 1.165) is 23.6 Å². The second-order valence-electron chi connectivity index (χ2n) is 3.92. The van der Waals surface area contributed by atoms with Gasteiger partial charge in [0.2, 0.25) is 0 Å². The first-order chi connectivity index (χ1) is 7.24. The monoisotopic (exact) mass is 226 g/mol. The molecule has 1 aliphatic rings. The van der Waals surface area contributed by atoms with Gasteiger partial charge in [-0.2, -0.15) is 11.8 Å². The van der Waals surface area contributed by atoms with Crippen LogP contribution in [0, 0.1) is 5.82 Å². The Morgan fingerprint density at radius 2 is 2.13 bits per heavy atom. The van der Waals surface area contributed by atoms with Crippen molar-refractivity contribution < 1.29 is 4.39 Å². The maximum atomic E-state index is 12.7. The molecule has 82 valence electrons. The lowest BCUT2D eigenvalue weighted by atomic mass is 9.99. The van der Waals surface area contributed by atoms with Crippen LogP contribution in [0.15, 0.2) is 24.3 Å². The lowest BCUT2D eigenvalue weighted by molar-refractivity contribution is 0.537. The van der Waals surface area contributed by atoms with Gasteiger partial charge in [-0.05, 0) is 36.4 Å². The molecule has 0 radical (unpaired) electrons. The van der Waals surface area contributed by atoms with Crippen molar-refractivity contribution in [3.63, 3.8) is 0 Å². The first-order valence-electron chi connectivity index (χ1n) is 5.06. The minimum Gasteiger partial charge on any atom is -0.377 e. The quantitative estimate of drug-likeness (QED) is 0.828. The Balaban J connectivity index is 2.09. The molecule has 1 atom stereocenters. The van der Waals surface area contributed by atoms with Crippen molar-refractivity contribution in [3.05, 3.63) is 30.1 Å². The van der Waals surface area contributed by atoms with Crippen LogP contribution in [-0.4, -0.2) is 23.6 Å². The van der Waals surface area contributed by atoms with Crippen molar-refractivity contribution in [2.45, 2.75) is 12.0 Å². The van der Waals surface area contributed by atoms with Gasteiger partial charge in [-0.15, -0.1) is 0 Å². The summed E-state index contributed by atoms with van der Waals surface area (Å²) in [6.45, 7) is 0.622. The minimum absolute atomic E-state index is 0.00248. The molecule has 0 spiro atoms. The summed E-state index contributed by atoms with van der Waals surface area (Å²) < 4.78 is 12.7. The van der Waals surface area contributed by atoms with Crippen molar-refractivity contribution in [1.82, 2.24) is 0 Å². The maximum Gasteiger partial charge on any atom is 0.123 e. The Morgan fingerprint density at radius 1 is 1.40 bits per heavy atom. The molecule has 0 aromatic heterocycles. The zero-order valence-electron chi connectivity index (χ0n) is 8.50. The molecule has 0 saturated carbocycles. The third kappa shape index (κ3) is 2.44. The van der Waals surface area contributed by atoms with E-state index in [9.17, 15) is 4.39 Å². The van der Waals surface area contributed by atoms with Gasteiger partial charge in [-0.3, -0.25) is 0 Å². The molecule has 2 rings (SSSR count). The third-order valence-electron chi connectivity index (χ3n) is 2.75. The predicted octanol–water partition coefficient (Wildman–Crippen LogP) is 2.07. The molecule has 1 aliphatic heterocycles. The Labute approximate surface area is 93.4 Å². The Bertz CT molecular complexity index is 320. The zero-order chi connectivity index (χ0) is 10.7. The first-order valence-corrected chi connectivity index (χ1v) is 6.21. The highest BCUT2D eigenvalue weighted by Gasteiger charge is 2.32. The van der Waals surface area contributed by atoms with Gasteiger partial charge >= 0.3 is 0 Å². The van der Waals surface area contributed by atoms with E-state index in [4.69, 9.17) is 5.73 Å². The average molecular weight is 226 g/mol. The van der Waals surface area contributed by atoms with Crippen molar-refractivity contribution in [1.29, 1.82) is 0 Å². The highest BCUT2D eigenvalue weighted by atomic mass is 32.2. The van der Waals surface area contributed by atoms with Crippen molar-refractivity contribution in [3.8, 4) is 0 Å². The van der Waals surface area contributed by atoms with Crippen LogP contribution >= 0.6 is 11.8 Å². The molecule has 0 bridgehead atoms. The number of nitrogens with one attached hydrogen (secondary N) is 1. The Morgan fingerprint density at radius 3 is 2.67 bits per heavy atom. The summed E-state index contributed by atoms with van der Waals surface area (Å²) in [5.41, 5.74) is 6.75. The second kappa shape index (κ2) is 4.41. The summed E-state index contributed by atoms with van der Waals surface area (Å²) in [7, 11) is 0. The van der Waals surface area contributed by atoms with Gasteiger partial charge in [0.15, 0.2) is 0 Å². The standard InChI is InChI=1S/C11H15FN2S/c12-9-1-3-10(4-2-9)14-11(7-13)5-6-15-8-11/h1-4,14H,5-8,13H2. The van der Waals surface area contributed by atoms with Gasteiger partial charge in [0.25, 0.3) is 0 Å². The number of rotatable bonds is 3. The van der Waals surface area contributed by atoms with E-state index in [-0.39, 0.29) is 11.4 Å². The van der Waals surface area contributed by atoms with Crippen LogP contribution in [0.25, 0.3) is 0 Å². The van der Waals surface area contributed by atoms with Crippen LogP contribution in [0.4, 0.5) is 10.1 Å². The molecular weight excluding hydrogens is 211 g/mol. The van der Waals surface area contributed by atoms with E-state index in [1.54, 1.807) is 12.1 Å². The molecule has 1 aromatic carbocycles. The Hall–Kier alpha value is -0.740. The Kier molecular flexibility index (Phi) is 3.17. The summed E-state index contributed by atoms with van der Waals surface area (Å²) in [5, 5.41) is 3.42. The molecule has 3 N–H and O–H groups in total. The molecule has 1 saturated heterocycles. The predicted molar refractivity (Wildman–Crippen MR) is 63.8 cm³/mol. The van der Waals surface area contributed by atoms with Crippen molar-refractivity contribution in [2.75, 3.05) is 23.4 Å². The topological polar surface area (TPSA) is 38.0 Å². The lowest BCUT2D eigenvalue weighted by Gasteiger charge is -2.29. The van der Waals surface area contributed by atoms with Crippen molar-refractivity contribution in [2.24, 2.45) is 5.73 Å². The highest BCUT2D eigenvalue weighted by molar-refractivity contribution is 7.99. The van der Waals surface area contributed by atoms with E-state index >= 15 is 0 Å². The molecule has 0 aliphatic carbocycles. The van der Waals surface area contributed by atoms with Crippen LogP contribution in [0.5, 0.6) is 0 Å². The van der Waals surface area contributed by atoms with E-state index in [0.29, 0.717) is 6.54 Å². The fourth-order valence-corrected chi connectivity index (χ4v) is 3.16. The lowest BCUT2D eigenvalue weighted by Crippen LogP contribution is -2.45. The SMILES string of the molecule is NCC1(Nc2ccc(F)cc2)CCSC1. The number of hydrogen-bond donors (Lipinski definition) is 2. The van der Waals surface area contributed by atoms with Crippen LogP contribution in [-0.2, 0) is 0 Å². The van der Waals surface area contributed by atoms with Gasteiger partial charge in [-0.1, -0.05) is 0 Å². The number of nitrogens with two attached hydrogens (primary N) is 1. The molecule has 0 amide bonds. The largest absolute Gasteiger partial charge is 0.377 e. The molecule has 15 heavy (non-hydrogen) atoms. The van der Waals surface area contributed by atoms with Crippen LogP contribution in [0.2, 0.25) is 0 Å². The van der Waals surface area contributed by atoms with E-state index in [1.165, 1.54) is 12.1 Å². The number of thioether (sulfide) groups is 1. The fourth-order valence-electron chi connectivity index (χ4n) is 1.76. The van der Waals surface area contributed by atoms with Gasteiger partial charge in [0, 0.05) is 18.0 Å². The number of benzene rings is 1. The molecular formula is C11H15FN2S. The number of halogens is 1. The molecule has 1 aromatic rings. The number of anilines is 1. The van der Waals surface area contributed by atoms with E-state index < -0.39 is 0 Å². The molecule has 2 nitrogen and oxygen atoms in total. The van der Waals surface area contributed by atoms with E-state index in [1.807, 2.05) is 11.8 Å². The highest BCUT2D eigenvalue weighted by Crippen LogP contribution is 2.30. The minimum atomic E-state index is -0.205. The normalized spacial score (nSPS) is 25.5. The maximum absolute atomic E-state index is 12.7. The number of hydrogen-bond acceptors (Lipinski definition) is 3. The van der Waals surface area contributed by atoms with Gasteiger partial charge < -0.3 is 11.1 Å². The molecule has 1 heterocycles. The summed E-state index contributed by atoms with van der Waals surface area (Å²) in [4.78, 5) is 0. The summed E-state index contributed by atoms with van der Waals surface area (Å²) in [6, 6.07) is 6.45. The molecule has 1 fully saturated rings. The van der Waals surface area contributed by atoms with Gasteiger partial charge in [-0.25, -0.2) is 4.39 Å². The van der Waals surface area contributed by atoms with E-state index in [2.05, 4.69) is 5.32 Å².